The van der Waals surface area contributed by atoms with E-state index in [9.17, 15) is 9.90 Å². The molecule has 0 atom stereocenters. The number of nitrogens with one attached hydrogen (secondary N) is 1. The highest BCUT2D eigenvalue weighted by Crippen LogP contribution is 2.22. The van der Waals surface area contributed by atoms with E-state index >= 15 is 0 Å². The lowest BCUT2D eigenvalue weighted by molar-refractivity contribution is -0.750. The molecular weight excluding hydrogens is 238 g/mol. The number of rotatable bonds is 4. The van der Waals surface area contributed by atoms with Gasteiger partial charge in [0.2, 0.25) is 6.20 Å². The average molecular weight is 249 g/mol. The van der Waals surface area contributed by atoms with E-state index in [0.29, 0.717) is 11.4 Å². The summed E-state index contributed by atoms with van der Waals surface area (Å²) in [5.41, 5.74) is 0.552. The van der Waals surface area contributed by atoms with E-state index in [0.717, 1.165) is 10.9 Å². The van der Waals surface area contributed by atoms with Gasteiger partial charge in [-0.3, -0.25) is 4.79 Å². The standard InChI is InChI=1S/C11H11N3O4/c1-17-9-5-3-2-4-8(9)12-10(15)6-14-7-11(16)18-13-14/h2-5,7H,6H2,1H3,(H-,12,13,15,16). The normalized spacial score (nSPS) is 10.1. The molecule has 0 bridgehead atoms. The second-order valence-corrected chi connectivity index (χ2v) is 3.47. The lowest BCUT2D eigenvalue weighted by atomic mass is 10.3. The lowest BCUT2D eigenvalue weighted by Crippen LogP contribution is -2.41. The van der Waals surface area contributed by atoms with E-state index < -0.39 is 5.95 Å². The van der Waals surface area contributed by atoms with Crippen LogP contribution in [0, 0.1) is 0 Å². The smallest absolute Gasteiger partial charge is 0.293 e. The molecule has 0 aliphatic carbocycles. The highest BCUT2D eigenvalue weighted by Gasteiger charge is 2.13. The second-order valence-electron chi connectivity index (χ2n) is 3.47. The third kappa shape index (κ3) is 2.76. The van der Waals surface area contributed by atoms with Crippen molar-refractivity contribution in [1.82, 2.24) is 5.27 Å². The molecule has 0 aliphatic heterocycles. The van der Waals surface area contributed by atoms with Gasteiger partial charge in [-0.05, 0) is 12.1 Å². The Morgan fingerprint density at radius 1 is 1.56 bits per heavy atom. The molecule has 2 aromatic rings. The summed E-state index contributed by atoms with van der Waals surface area (Å²) in [7, 11) is 1.51. The van der Waals surface area contributed by atoms with Crippen molar-refractivity contribution in [3.05, 3.63) is 30.5 Å². The fourth-order valence-corrected chi connectivity index (χ4v) is 1.42. The number of aromatic nitrogens is 2. The zero-order valence-electron chi connectivity index (χ0n) is 9.62. The molecular formula is C11H11N3O4. The van der Waals surface area contributed by atoms with Gasteiger partial charge in [0.05, 0.1) is 18.1 Å². The van der Waals surface area contributed by atoms with Crippen molar-refractivity contribution >= 4 is 11.6 Å². The molecule has 0 radical (unpaired) electrons. The van der Waals surface area contributed by atoms with Crippen LogP contribution in [-0.4, -0.2) is 18.3 Å². The number of hydrogen-bond acceptors (Lipinski definition) is 5. The number of amides is 1. The maximum absolute atomic E-state index is 11.7. The van der Waals surface area contributed by atoms with Crippen LogP contribution in [0.1, 0.15) is 0 Å². The third-order valence-electron chi connectivity index (χ3n) is 2.18. The van der Waals surface area contributed by atoms with Gasteiger partial charge in [-0.25, -0.2) is 0 Å². The van der Waals surface area contributed by atoms with Crippen LogP contribution in [0.25, 0.3) is 0 Å². The monoisotopic (exact) mass is 249 g/mol. The first-order valence-corrected chi connectivity index (χ1v) is 5.15. The van der Waals surface area contributed by atoms with Crippen molar-refractivity contribution in [3.63, 3.8) is 0 Å². The van der Waals surface area contributed by atoms with E-state index in [4.69, 9.17) is 4.74 Å². The van der Waals surface area contributed by atoms with Crippen LogP contribution >= 0.6 is 0 Å². The summed E-state index contributed by atoms with van der Waals surface area (Å²) in [4.78, 5) is 11.7. The molecule has 0 saturated heterocycles. The zero-order chi connectivity index (χ0) is 13.0. The fourth-order valence-electron chi connectivity index (χ4n) is 1.42. The number of anilines is 1. The molecule has 1 amide bonds. The Balaban J connectivity index is 2.03. The molecule has 0 spiro atoms. The van der Waals surface area contributed by atoms with E-state index in [-0.39, 0.29) is 12.5 Å². The van der Waals surface area contributed by atoms with Gasteiger partial charge in [0.1, 0.15) is 11.7 Å². The maximum atomic E-state index is 11.7. The van der Waals surface area contributed by atoms with Crippen molar-refractivity contribution in [3.8, 4) is 11.7 Å². The summed E-state index contributed by atoms with van der Waals surface area (Å²) in [5, 5.41) is 16.8. The minimum atomic E-state index is -0.597. The highest BCUT2D eigenvalue weighted by molar-refractivity contribution is 5.91. The SMILES string of the molecule is COc1ccccc1NC(=O)C[n+]1cc([O-])on1. The molecule has 0 aliphatic rings. The van der Waals surface area contributed by atoms with Gasteiger partial charge in [0.25, 0.3) is 12.5 Å². The summed E-state index contributed by atoms with van der Waals surface area (Å²) in [6, 6.07) is 7.01. The first kappa shape index (κ1) is 11.9. The van der Waals surface area contributed by atoms with Crippen LogP contribution in [-0.2, 0) is 11.3 Å². The van der Waals surface area contributed by atoms with Crippen LogP contribution in [0.4, 0.5) is 5.69 Å². The lowest BCUT2D eigenvalue weighted by Gasteiger charge is -2.07. The Morgan fingerprint density at radius 2 is 2.33 bits per heavy atom. The van der Waals surface area contributed by atoms with Crippen LogP contribution in [0.3, 0.4) is 0 Å². The van der Waals surface area contributed by atoms with Crippen molar-refractivity contribution in [2.45, 2.75) is 6.54 Å². The number of carbonyl (C=O) groups excluding carboxylic acids is 1. The summed E-state index contributed by atoms with van der Waals surface area (Å²) in [6.45, 7) is -0.107. The number of ether oxygens (including phenoxy) is 1. The summed E-state index contributed by atoms with van der Waals surface area (Å²) >= 11 is 0. The minimum absolute atomic E-state index is 0.107. The molecule has 1 aromatic heterocycles. The topological polar surface area (TPSA) is 91.3 Å². The van der Waals surface area contributed by atoms with Crippen molar-refractivity contribution < 1.29 is 23.8 Å². The molecule has 94 valence electrons. The molecule has 0 fully saturated rings. The second kappa shape index (κ2) is 5.17. The fraction of sp³-hybridized carbons (Fsp3) is 0.182. The van der Waals surface area contributed by atoms with Gasteiger partial charge in [0.15, 0.2) is 0 Å². The van der Waals surface area contributed by atoms with Crippen LogP contribution in [0.2, 0.25) is 0 Å². The predicted molar refractivity (Wildman–Crippen MR) is 57.8 cm³/mol. The quantitative estimate of drug-likeness (QED) is 0.750. The number of carbonyl (C=O) groups is 1. The molecule has 1 aromatic carbocycles. The van der Waals surface area contributed by atoms with Gasteiger partial charge in [-0.2, -0.15) is 0 Å². The Bertz CT molecular complexity index is 553. The predicted octanol–water partition coefficient (Wildman–Crippen LogP) is -0.317. The van der Waals surface area contributed by atoms with Gasteiger partial charge in [-0.15, -0.1) is 0 Å². The number of hydrogen-bond donors (Lipinski definition) is 1. The molecule has 7 heteroatoms. The number of nitrogens with zero attached hydrogens (tertiary/aromatic N) is 2. The number of para-hydroxylation sites is 2. The molecule has 0 unspecified atom stereocenters. The van der Waals surface area contributed by atoms with Crippen molar-refractivity contribution in [1.29, 1.82) is 0 Å². The summed E-state index contributed by atoms with van der Waals surface area (Å²) in [6.07, 6.45) is 1.10. The van der Waals surface area contributed by atoms with Crippen molar-refractivity contribution in [2.24, 2.45) is 0 Å². The van der Waals surface area contributed by atoms with Gasteiger partial charge in [-0.1, -0.05) is 16.8 Å². The Labute approximate surface area is 103 Å². The number of methoxy groups -OCH3 is 1. The average Bonchev–Trinajstić information content (AvgIpc) is 2.75. The first-order chi connectivity index (χ1) is 8.69. The molecule has 0 saturated carbocycles. The van der Waals surface area contributed by atoms with Gasteiger partial charge in [0, 0.05) is 0 Å². The molecule has 1 heterocycles. The molecule has 2 rings (SSSR count). The van der Waals surface area contributed by atoms with E-state index in [1.165, 1.54) is 7.11 Å². The minimum Gasteiger partial charge on any atom is -0.539 e. The van der Waals surface area contributed by atoms with Crippen LogP contribution < -0.4 is 19.8 Å². The van der Waals surface area contributed by atoms with Crippen molar-refractivity contribution in [2.75, 3.05) is 12.4 Å². The Hall–Kier alpha value is -2.57. The van der Waals surface area contributed by atoms with Gasteiger partial charge >= 0.3 is 0 Å². The first-order valence-electron chi connectivity index (χ1n) is 5.15. The Morgan fingerprint density at radius 3 is 3.00 bits per heavy atom. The number of benzene rings is 1. The summed E-state index contributed by atoms with van der Waals surface area (Å²) in [5.74, 6) is -0.376. The molecule has 18 heavy (non-hydrogen) atoms. The summed E-state index contributed by atoms with van der Waals surface area (Å²) < 4.78 is 10.5. The van der Waals surface area contributed by atoms with Gasteiger partial charge < -0.3 is 19.7 Å². The maximum Gasteiger partial charge on any atom is 0.293 e. The zero-order valence-corrected chi connectivity index (χ0v) is 9.62. The molecule has 1 N–H and O–H groups in total. The van der Waals surface area contributed by atoms with E-state index in [1.54, 1.807) is 24.3 Å². The largest absolute Gasteiger partial charge is 0.539 e. The highest BCUT2D eigenvalue weighted by atomic mass is 16.6. The third-order valence-corrected chi connectivity index (χ3v) is 2.18. The van der Waals surface area contributed by atoms with E-state index in [2.05, 4.69) is 15.1 Å². The van der Waals surface area contributed by atoms with E-state index in [1.807, 2.05) is 0 Å². The Kier molecular flexibility index (Phi) is 3.42. The van der Waals surface area contributed by atoms with Crippen LogP contribution in [0.15, 0.2) is 35.0 Å². The van der Waals surface area contributed by atoms with Crippen LogP contribution in [0.5, 0.6) is 11.7 Å². The molecule has 7 nitrogen and oxygen atoms in total.